The molecule has 0 radical (unpaired) electrons. The van der Waals surface area contributed by atoms with Gasteiger partial charge in [0.25, 0.3) is 0 Å². The van der Waals surface area contributed by atoms with Gasteiger partial charge in [0, 0.05) is 51.4 Å². The molecule has 0 amide bonds. The lowest BCUT2D eigenvalue weighted by atomic mass is 10.2. The van der Waals surface area contributed by atoms with Crippen LogP contribution in [-0.2, 0) is 10.0 Å². The van der Waals surface area contributed by atoms with E-state index in [1.54, 1.807) is 0 Å². The second-order valence-electron chi connectivity index (χ2n) is 6.11. The number of hydrogen-bond donors (Lipinski definition) is 1. The molecule has 0 saturated carbocycles. The van der Waals surface area contributed by atoms with E-state index in [4.69, 9.17) is 0 Å². The van der Waals surface area contributed by atoms with Gasteiger partial charge >= 0.3 is 6.36 Å². The van der Waals surface area contributed by atoms with Crippen molar-refractivity contribution in [1.29, 1.82) is 0 Å². The number of alkyl halides is 3. The third-order valence-electron chi connectivity index (χ3n) is 4.47. The second-order valence-corrected chi connectivity index (χ2v) is 8.05. The maximum absolute atomic E-state index is 12.7. The molecule has 0 aliphatic carbocycles. The molecular formula is C15H21ClF3N3O3S. The average molecular weight is 416 g/mol. The van der Waals surface area contributed by atoms with Crippen LogP contribution in [0.15, 0.2) is 29.2 Å². The summed E-state index contributed by atoms with van der Waals surface area (Å²) in [4.78, 5) is 2.07. The number of ether oxygens (including phenoxy) is 1. The molecule has 1 aromatic carbocycles. The number of halogens is 4. The lowest BCUT2D eigenvalue weighted by Crippen LogP contribution is -2.49. The highest BCUT2D eigenvalue weighted by molar-refractivity contribution is 7.89. The number of nitrogens with one attached hydrogen (secondary N) is 1. The summed E-state index contributed by atoms with van der Waals surface area (Å²) >= 11 is 0. The van der Waals surface area contributed by atoms with Crippen LogP contribution in [0.2, 0.25) is 0 Å². The molecule has 148 valence electrons. The molecule has 2 aliphatic rings. The van der Waals surface area contributed by atoms with Crippen LogP contribution in [0, 0.1) is 0 Å². The number of hydrogen-bond acceptors (Lipinski definition) is 5. The van der Waals surface area contributed by atoms with Crippen LogP contribution >= 0.6 is 12.4 Å². The predicted molar refractivity (Wildman–Crippen MR) is 92.0 cm³/mol. The predicted octanol–water partition coefficient (Wildman–Crippen LogP) is 1.68. The molecule has 2 aliphatic heterocycles. The molecule has 2 fully saturated rings. The van der Waals surface area contributed by atoms with Crippen molar-refractivity contribution in [2.75, 3.05) is 39.3 Å². The molecular weight excluding hydrogens is 395 g/mol. The molecule has 6 nitrogen and oxygen atoms in total. The Morgan fingerprint density at radius 1 is 1.15 bits per heavy atom. The Balaban J connectivity index is 0.00000243. The standard InChI is InChI=1S/C15H20F3N3O3S.ClH/c16-15(17,18)24-13-2-1-3-14(10-13)25(22,23)21-7-4-12(11-21)20-8-5-19-6-9-20;/h1-3,10,12,19H,4-9,11H2;1H. The maximum atomic E-state index is 12.7. The third-order valence-corrected chi connectivity index (χ3v) is 6.33. The van der Waals surface area contributed by atoms with Crippen LogP contribution in [0.25, 0.3) is 0 Å². The van der Waals surface area contributed by atoms with Gasteiger partial charge in [-0.05, 0) is 18.6 Å². The van der Waals surface area contributed by atoms with Crippen molar-refractivity contribution >= 4 is 22.4 Å². The Hall–Kier alpha value is -1.07. The van der Waals surface area contributed by atoms with Gasteiger partial charge in [0.15, 0.2) is 0 Å². The van der Waals surface area contributed by atoms with Gasteiger partial charge in [0.1, 0.15) is 5.75 Å². The smallest absolute Gasteiger partial charge is 0.406 e. The molecule has 26 heavy (non-hydrogen) atoms. The van der Waals surface area contributed by atoms with Crippen molar-refractivity contribution < 1.29 is 26.3 Å². The lowest BCUT2D eigenvalue weighted by molar-refractivity contribution is -0.274. The molecule has 0 spiro atoms. The molecule has 3 rings (SSSR count). The zero-order valence-corrected chi connectivity index (χ0v) is 15.5. The average Bonchev–Trinajstić information content (AvgIpc) is 3.05. The van der Waals surface area contributed by atoms with Crippen LogP contribution < -0.4 is 10.1 Å². The molecule has 1 N–H and O–H groups in total. The van der Waals surface area contributed by atoms with Gasteiger partial charge in [-0.15, -0.1) is 25.6 Å². The van der Waals surface area contributed by atoms with Gasteiger partial charge < -0.3 is 10.1 Å². The SMILES string of the molecule is Cl.O=S(=O)(c1cccc(OC(F)(F)F)c1)N1CCC(N2CCNCC2)C1. The number of rotatable bonds is 4. The van der Waals surface area contributed by atoms with E-state index in [2.05, 4.69) is 15.0 Å². The Morgan fingerprint density at radius 3 is 2.50 bits per heavy atom. The first-order chi connectivity index (χ1) is 11.8. The van der Waals surface area contributed by atoms with Crippen LogP contribution in [-0.4, -0.2) is 69.3 Å². The van der Waals surface area contributed by atoms with Crippen LogP contribution in [0.3, 0.4) is 0 Å². The Bertz CT molecular complexity index is 712. The van der Waals surface area contributed by atoms with Crippen LogP contribution in [0.5, 0.6) is 5.75 Å². The summed E-state index contributed by atoms with van der Waals surface area (Å²) in [6.07, 6.45) is -4.14. The molecule has 1 atom stereocenters. The minimum atomic E-state index is -4.86. The summed E-state index contributed by atoms with van der Waals surface area (Å²) in [5, 5.41) is 3.25. The number of sulfonamides is 1. The normalized spacial score (nSPS) is 22.8. The van der Waals surface area contributed by atoms with Crippen molar-refractivity contribution in [1.82, 2.24) is 14.5 Å². The highest BCUT2D eigenvalue weighted by Gasteiger charge is 2.36. The van der Waals surface area contributed by atoms with Gasteiger partial charge in [-0.1, -0.05) is 6.07 Å². The minimum absolute atomic E-state index is 0. The molecule has 11 heteroatoms. The summed E-state index contributed by atoms with van der Waals surface area (Å²) in [6.45, 7) is 4.20. The molecule has 2 heterocycles. The summed E-state index contributed by atoms with van der Waals surface area (Å²) < 4.78 is 67.6. The fraction of sp³-hybridized carbons (Fsp3) is 0.600. The number of piperazine rings is 1. The Kier molecular flexibility index (Phi) is 6.78. The highest BCUT2D eigenvalue weighted by atomic mass is 35.5. The fourth-order valence-corrected chi connectivity index (χ4v) is 4.78. The van der Waals surface area contributed by atoms with Gasteiger partial charge in [0.2, 0.25) is 10.0 Å². The monoisotopic (exact) mass is 415 g/mol. The topological polar surface area (TPSA) is 61.9 Å². The molecule has 0 aromatic heterocycles. The quantitative estimate of drug-likeness (QED) is 0.810. The summed E-state index contributed by atoms with van der Waals surface area (Å²) in [5.41, 5.74) is 0. The van der Waals surface area contributed by atoms with Gasteiger partial charge in [0.05, 0.1) is 4.90 Å². The summed E-state index contributed by atoms with van der Waals surface area (Å²) in [5.74, 6) is -0.536. The lowest BCUT2D eigenvalue weighted by Gasteiger charge is -2.32. The molecule has 1 unspecified atom stereocenters. The van der Waals surface area contributed by atoms with E-state index < -0.39 is 22.1 Å². The molecule has 0 bridgehead atoms. The molecule has 1 aromatic rings. The zero-order chi connectivity index (χ0) is 18.1. The van der Waals surface area contributed by atoms with Crippen LogP contribution in [0.1, 0.15) is 6.42 Å². The Morgan fingerprint density at radius 2 is 1.85 bits per heavy atom. The van der Waals surface area contributed by atoms with Crippen LogP contribution in [0.4, 0.5) is 13.2 Å². The van der Waals surface area contributed by atoms with Gasteiger partial charge in [-0.25, -0.2) is 8.42 Å². The first kappa shape index (κ1) is 21.2. The maximum Gasteiger partial charge on any atom is 0.573 e. The van der Waals surface area contributed by atoms with Gasteiger partial charge in [-0.3, -0.25) is 4.90 Å². The Labute approximate surface area is 156 Å². The number of nitrogens with zero attached hydrogens (tertiary/aromatic N) is 2. The van der Waals surface area contributed by atoms with Crippen molar-refractivity contribution in [2.45, 2.75) is 23.7 Å². The van der Waals surface area contributed by atoms with E-state index in [0.717, 1.165) is 44.7 Å². The summed E-state index contributed by atoms with van der Waals surface area (Å²) in [7, 11) is -3.84. The summed E-state index contributed by atoms with van der Waals surface area (Å²) in [6, 6.07) is 4.68. The zero-order valence-electron chi connectivity index (χ0n) is 13.9. The van der Waals surface area contributed by atoms with E-state index in [0.29, 0.717) is 13.1 Å². The fourth-order valence-electron chi connectivity index (χ4n) is 3.26. The highest BCUT2D eigenvalue weighted by Crippen LogP contribution is 2.28. The minimum Gasteiger partial charge on any atom is -0.406 e. The first-order valence-corrected chi connectivity index (χ1v) is 9.50. The van der Waals surface area contributed by atoms with E-state index in [1.807, 2.05) is 0 Å². The first-order valence-electron chi connectivity index (χ1n) is 8.06. The van der Waals surface area contributed by atoms with E-state index >= 15 is 0 Å². The van der Waals surface area contributed by atoms with Crippen molar-refractivity contribution in [3.63, 3.8) is 0 Å². The second kappa shape index (κ2) is 8.30. The molecule has 2 saturated heterocycles. The van der Waals surface area contributed by atoms with Crippen molar-refractivity contribution in [2.24, 2.45) is 0 Å². The van der Waals surface area contributed by atoms with Crippen molar-refractivity contribution in [3.8, 4) is 5.75 Å². The van der Waals surface area contributed by atoms with E-state index in [1.165, 1.54) is 16.4 Å². The number of benzene rings is 1. The van der Waals surface area contributed by atoms with E-state index in [-0.39, 0.29) is 23.3 Å². The third kappa shape index (κ3) is 5.01. The van der Waals surface area contributed by atoms with Gasteiger partial charge in [-0.2, -0.15) is 4.31 Å². The largest absolute Gasteiger partial charge is 0.573 e. The van der Waals surface area contributed by atoms with E-state index in [9.17, 15) is 21.6 Å². The van der Waals surface area contributed by atoms with Crippen molar-refractivity contribution in [3.05, 3.63) is 24.3 Å².